The van der Waals surface area contributed by atoms with Crippen molar-refractivity contribution in [3.63, 3.8) is 0 Å². The largest absolute Gasteiger partial charge is 0.498 e. The van der Waals surface area contributed by atoms with E-state index in [1.54, 1.807) is 4.90 Å². The maximum Gasteiger partial charge on any atom is 0.498 e. The van der Waals surface area contributed by atoms with Gasteiger partial charge in [0.15, 0.2) is 0 Å². The van der Waals surface area contributed by atoms with Gasteiger partial charge >= 0.3 is 13.2 Å². The molecule has 0 saturated carbocycles. The first-order valence-corrected chi connectivity index (χ1v) is 10.5. The molecule has 1 aromatic rings. The van der Waals surface area contributed by atoms with Gasteiger partial charge in [0.2, 0.25) is 0 Å². The molecule has 0 N–H and O–H groups in total. The van der Waals surface area contributed by atoms with Crippen molar-refractivity contribution in [2.75, 3.05) is 13.1 Å². The zero-order valence-corrected chi connectivity index (χ0v) is 19.0. The Morgan fingerprint density at radius 3 is 2.21 bits per heavy atom. The average molecular weight is 403 g/mol. The van der Waals surface area contributed by atoms with E-state index in [4.69, 9.17) is 19.0 Å². The predicted molar refractivity (Wildman–Crippen MR) is 112 cm³/mol. The van der Waals surface area contributed by atoms with Crippen molar-refractivity contribution in [1.29, 1.82) is 0 Å². The molecule has 2 saturated heterocycles. The summed E-state index contributed by atoms with van der Waals surface area (Å²) in [6.45, 7) is 17.1. The maximum absolute atomic E-state index is 12.3. The molecule has 1 aromatic heterocycles. The van der Waals surface area contributed by atoms with Gasteiger partial charge in [0.25, 0.3) is 0 Å². The quantitative estimate of drug-likeness (QED) is 0.707. The number of aryl methyl sites for hydroxylation is 1. The van der Waals surface area contributed by atoms with Crippen LogP contribution in [0.4, 0.5) is 4.79 Å². The van der Waals surface area contributed by atoms with Crippen LogP contribution >= 0.6 is 0 Å². The molecule has 7 nitrogen and oxygen atoms in total. The zero-order valence-electron chi connectivity index (χ0n) is 19.0. The molecule has 0 radical (unpaired) electrons. The number of likely N-dealkylation sites (tertiary alicyclic amines) is 1. The van der Waals surface area contributed by atoms with Gasteiger partial charge in [-0.2, -0.15) is 0 Å². The van der Waals surface area contributed by atoms with Crippen molar-refractivity contribution in [2.24, 2.45) is 0 Å². The first-order valence-electron chi connectivity index (χ1n) is 10.5. The van der Waals surface area contributed by atoms with Crippen LogP contribution in [0.15, 0.2) is 6.20 Å². The highest BCUT2D eigenvalue weighted by atomic mass is 16.7. The molecule has 0 aromatic carbocycles. The second-order valence-electron chi connectivity index (χ2n) is 10.1. The molecule has 2 fully saturated rings. The van der Waals surface area contributed by atoms with Gasteiger partial charge in [-0.3, -0.25) is 0 Å². The molecule has 0 unspecified atom stereocenters. The summed E-state index contributed by atoms with van der Waals surface area (Å²) in [5.41, 5.74) is 0.494. The van der Waals surface area contributed by atoms with Crippen LogP contribution in [0.3, 0.4) is 0 Å². The SMILES string of the molecule is Cc1nc(C2CCN(C(=O)OC(C)(C)C)CC2)ncc1B1OC(C)(C)C(C)(C)O1. The van der Waals surface area contributed by atoms with Gasteiger partial charge in [0.1, 0.15) is 11.4 Å². The fourth-order valence-electron chi connectivity index (χ4n) is 3.54. The van der Waals surface area contributed by atoms with Crippen molar-refractivity contribution in [3.05, 3.63) is 17.7 Å². The van der Waals surface area contributed by atoms with Gasteiger partial charge in [-0.15, -0.1) is 0 Å². The van der Waals surface area contributed by atoms with Crippen molar-refractivity contribution in [2.45, 2.75) is 91.0 Å². The minimum Gasteiger partial charge on any atom is -0.444 e. The highest BCUT2D eigenvalue weighted by Crippen LogP contribution is 2.36. The summed E-state index contributed by atoms with van der Waals surface area (Å²) >= 11 is 0. The van der Waals surface area contributed by atoms with E-state index in [-0.39, 0.29) is 12.0 Å². The van der Waals surface area contributed by atoms with Crippen molar-refractivity contribution in [3.8, 4) is 0 Å². The Kier molecular flexibility index (Phi) is 5.73. The third kappa shape index (κ3) is 4.74. The normalized spacial score (nSPS) is 22.1. The summed E-state index contributed by atoms with van der Waals surface area (Å²) in [5, 5.41) is 0. The molecule has 160 valence electrons. The Morgan fingerprint density at radius 2 is 1.72 bits per heavy atom. The highest BCUT2D eigenvalue weighted by molar-refractivity contribution is 6.62. The molecule has 3 heterocycles. The standard InChI is InChI=1S/C21H34BN3O4/c1-14-16(22-28-20(5,6)21(7,8)29-22)13-23-17(24-14)15-9-11-25(12-10-15)18(26)27-19(2,3)4/h13,15H,9-12H2,1-8H3. The molecule has 8 heteroatoms. The van der Waals surface area contributed by atoms with Gasteiger partial charge in [0.05, 0.1) is 11.2 Å². The molecule has 1 amide bonds. The van der Waals surface area contributed by atoms with Crippen LogP contribution < -0.4 is 5.46 Å². The Labute approximate surface area is 174 Å². The number of hydrogen-bond donors (Lipinski definition) is 0. The van der Waals surface area contributed by atoms with Crippen LogP contribution in [0.25, 0.3) is 0 Å². The molecule has 0 bridgehead atoms. The Hall–Kier alpha value is -1.67. The monoisotopic (exact) mass is 403 g/mol. The number of rotatable bonds is 2. The van der Waals surface area contributed by atoms with E-state index in [0.717, 1.165) is 29.8 Å². The molecular weight excluding hydrogens is 369 g/mol. The lowest BCUT2D eigenvalue weighted by atomic mass is 9.79. The maximum atomic E-state index is 12.3. The van der Waals surface area contributed by atoms with E-state index in [0.29, 0.717) is 13.1 Å². The molecule has 2 aliphatic rings. The van der Waals surface area contributed by atoms with Crippen molar-refractivity contribution < 1.29 is 18.8 Å². The third-order valence-electron chi connectivity index (χ3n) is 6.05. The van der Waals surface area contributed by atoms with Crippen LogP contribution in [0.2, 0.25) is 0 Å². The van der Waals surface area contributed by atoms with Gasteiger partial charge in [0, 0.05) is 36.4 Å². The van der Waals surface area contributed by atoms with Crippen molar-refractivity contribution >= 4 is 18.7 Å². The average Bonchev–Trinajstić information content (AvgIpc) is 2.81. The third-order valence-corrected chi connectivity index (χ3v) is 6.05. The number of carbonyl (C=O) groups excluding carboxylic acids is 1. The van der Waals surface area contributed by atoms with Gasteiger partial charge in [-0.1, -0.05) is 0 Å². The molecule has 0 atom stereocenters. The minimum atomic E-state index is -0.475. The molecule has 29 heavy (non-hydrogen) atoms. The lowest BCUT2D eigenvalue weighted by molar-refractivity contribution is 0.00578. The summed E-state index contributed by atoms with van der Waals surface area (Å²) in [5.74, 6) is 1.06. The van der Waals surface area contributed by atoms with Gasteiger partial charge in [-0.05, 0) is 68.2 Å². The van der Waals surface area contributed by atoms with E-state index in [1.807, 2.05) is 61.6 Å². The van der Waals surface area contributed by atoms with Crippen LogP contribution in [-0.4, -0.2) is 58.0 Å². The smallest absolute Gasteiger partial charge is 0.444 e. The van der Waals surface area contributed by atoms with E-state index in [9.17, 15) is 4.79 Å². The molecular formula is C21H34BN3O4. The predicted octanol–water partition coefficient (Wildman–Crippen LogP) is 3.20. The highest BCUT2D eigenvalue weighted by Gasteiger charge is 2.52. The second kappa shape index (κ2) is 7.54. The van der Waals surface area contributed by atoms with E-state index in [1.165, 1.54) is 0 Å². The first kappa shape index (κ1) is 22.0. The van der Waals surface area contributed by atoms with Crippen LogP contribution in [-0.2, 0) is 14.0 Å². The van der Waals surface area contributed by atoms with Crippen LogP contribution in [0.1, 0.15) is 78.7 Å². The summed E-state index contributed by atoms with van der Waals surface area (Å²) in [7, 11) is -0.455. The molecule has 2 aliphatic heterocycles. The van der Waals surface area contributed by atoms with Crippen molar-refractivity contribution in [1.82, 2.24) is 14.9 Å². The number of aromatic nitrogens is 2. The van der Waals surface area contributed by atoms with Gasteiger partial charge in [-0.25, -0.2) is 14.8 Å². The Balaban J connectivity index is 1.64. The first-order chi connectivity index (χ1) is 13.3. The van der Waals surface area contributed by atoms with Crippen LogP contribution in [0.5, 0.6) is 0 Å². The lowest BCUT2D eigenvalue weighted by Gasteiger charge is -2.33. The summed E-state index contributed by atoms with van der Waals surface area (Å²) in [6, 6.07) is 0. The summed E-state index contributed by atoms with van der Waals surface area (Å²) < 4.78 is 17.7. The van der Waals surface area contributed by atoms with E-state index in [2.05, 4.69) is 4.98 Å². The summed E-state index contributed by atoms with van der Waals surface area (Å²) in [4.78, 5) is 23.4. The number of carbonyl (C=O) groups is 1. The van der Waals surface area contributed by atoms with Gasteiger partial charge < -0.3 is 18.9 Å². The lowest BCUT2D eigenvalue weighted by Crippen LogP contribution is -2.42. The topological polar surface area (TPSA) is 73.8 Å². The zero-order chi connectivity index (χ0) is 21.6. The minimum absolute atomic E-state index is 0.236. The molecule has 0 aliphatic carbocycles. The fourth-order valence-corrected chi connectivity index (χ4v) is 3.54. The molecule has 0 spiro atoms. The molecule has 3 rings (SSSR count). The number of ether oxygens (including phenoxy) is 1. The Bertz CT molecular complexity index is 752. The fraction of sp³-hybridized carbons (Fsp3) is 0.762. The van der Waals surface area contributed by atoms with E-state index < -0.39 is 23.9 Å². The van der Waals surface area contributed by atoms with Crippen LogP contribution in [0, 0.1) is 6.92 Å². The number of piperidine rings is 1. The second-order valence-corrected chi connectivity index (χ2v) is 10.1. The van der Waals surface area contributed by atoms with E-state index >= 15 is 0 Å². The Morgan fingerprint density at radius 1 is 1.17 bits per heavy atom. The number of hydrogen-bond acceptors (Lipinski definition) is 6. The number of amides is 1. The summed E-state index contributed by atoms with van der Waals surface area (Å²) in [6.07, 6.45) is 3.24. The number of nitrogens with zero attached hydrogens (tertiary/aromatic N) is 3.